The fraction of sp³-hybridized carbons (Fsp3) is 0.714. The molecule has 0 bridgehead atoms. The number of ether oxygens (including phenoxy) is 2. The van der Waals surface area contributed by atoms with Gasteiger partial charge in [0.15, 0.2) is 5.92 Å². The SMILES string of the molecule is C=C1CCCCC1C(C(=O)OCC)C(=O)OCC. The molecule has 1 unspecified atom stereocenters. The average Bonchev–Trinajstić information content (AvgIpc) is 2.33. The van der Waals surface area contributed by atoms with Crippen LogP contribution in [0.25, 0.3) is 0 Å². The van der Waals surface area contributed by atoms with E-state index in [4.69, 9.17) is 9.47 Å². The lowest BCUT2D eigenvalue weighted by Crippen LogP contribution is -2.36. The largest absolute Gasteiger partial charge is 0.465 e. The molecule has 0 saturated heterocycles. The van der Waals surface area contributed by atoms with Crippen molar-refractivity contribution in [2.45, 2.75) is 39.5 Å². The van der Waals surface area contributed by atoms with E-state index < -0.39 is 17.9 Å². The Kier molecular flexibility index (Phi) is 5.89. The minimum Gasteiger partial charge on any atom is -0.465 e. The summed E-state index contributed by atoms with van der Waals surface area (Å²) in [6.07, 6.45) is 3.77. The number of carbonyl (C=O) groups excluding carboxylic acids is 2. The van der Waals surface area contributed by atoms with Crippen LogP contribution >= 0.6 is 0 Å². The maximum atomic E-state index is 11.9. The van der Waals surface area contributed by atoms with Crippen molar-refractivity contribution in [3.63, 3.8) is 0 Å². The normalized spacial score (nSPS) is 19.7. The second-order valence-electron chi connectivity index (χ2n) is 4.49. The highest BCUT2D eigenvalue weighted by Crippen LogP contribution is 2.35. The number of rotatable bonds is 5. The van der Waals surface area contributed by atoms with Gasteiger partial charge in [-0.05, 0) is 33.1 Å². The molecule has 0 aromatic heterocycles. The van der Waals surface area contributed by atoms with Crippen LogP contribution < -0.4 is 0 Å². The first-order valence-corrected chi connectivity index (χ1v) is 6.62. The summed E-state index contributed by atoms with van der Waals surface area (Å²) in [6, 6.07) is 0. The number of carbonyl (C=O) groups is 2. The summed E-state index contributed by atoms with van der Waals surface area (Å²) in [7, 11) is 0. The van der Waals surface area contributed by atoms with Crippen LogP contribution in [0.15, 0.2) is 12.2 Å². The fourth-order valence-electron chi connectivity index (χ4n) is 2.40. The minimum atomic E-state index is -0.835. The van der Waals surface area contributed by atoms with E-state index in [1.807, 2.05) is 0 Å². The van der Waals surface area contributed by atoms with Crippen LogP contribution in [0.1, 0.15) is 39.5 Å². The van der Waals surface area contributed by atoms with Crippen LogP contribution in [-0.2, 0) is 19.1 Å². The first-order valence-electron chi connectivity index (χ1n) is 6.62. The summed E-state index contributed by atoms with van der Waals surface area (Å²) in [6.45, 7) is 7.99. The van der Waals surface area contributed by atoms with Gasteiger partial charge in [-0.15, -0.1) is 0 Å². The van der Waals surface area contributed by atoms with E-state index in [0.29, 0.717) is 0 Å². The van der Waals surface area contributed by atoms with Crippen molar-refractivity contribution >= 4 is 11.9 Å². The average molecular weight is 254 g/mol. The van der Waals surface area contributed by atoms with Gasteiger partial charge in [0.2, 0.25) is 0 Å². The van der Waals surface area contributed by atoms with Gasteiger partial charge in [0.1, 0.15) is 0 Å². The monoisotopic (exact) mass is 254 g/mol. The molecule has 1 fully saturated rings. The Morgan fingerprint density at radius 1 is 1.22 bits per heavy atom. The Labute approximate surface area is 108 Å². The molecule has 0 aromatic carbocycles. The highest BCUT2D eigenvalue weighted by atomic mass is 16.6. The fourth-order valence-corrected chi connectivity index (χ4v) is 2.40. The van der Waals surface area contributed by atoms with E-state index in [1.165, 1.54) is 0 Å². The van der Waals surface area contributed by atoms with Crippen LogP contribution in [-0.4, -0.2) is 25.2 Å². The predicted molar refractivity (Wildman–Crippen MR) is 67.9 cm³/mol. The lowest BCUT2D eigenvalue weighted by Gasteiger charge is -2.29. The van der Waals surface area contributed by atoms with Crippen LogP contribution in [0.3, 0.4) is 0 Å². The van der Waals surface area contributed by atoms with Gasteiger partial charge in [-0.3, -0.25) is 9.59 Å². The lowest BCUT2D eigenvalue weighted by atomic mass is 9.77. The summed E-state index contributed by atoms with van der Waals surface area (Å²) < 4.78 is 9.98. The molecule has 0 aliphatic heterocycles. The number of esters is 2. The molecule has 0 amide bonds. The van der Waals surface area contributed by atoms with Gasteiger partial charge in [0.05, 0.1) is 13.2 Å². The third-order valence-corrected chi connectivity index (χ3v) is 3.27. The van der Waals surface area contributed by atoms with Crippen molar-refractivity contribution in [1.29, 1.82) is 0 Å². The molecule has 0 spiro atoms. The highest BCUT2D eigenvalue weighted by molar-refractivity contribution is 5.95. The van der Waals surface area contributed by atoms with Crippen molar-refractivity contribution in [3.05, 3.63) is 12.2 Å². The van der Waals surface area contributed by atoms with E-state index in [1.54, 1.807) is 13.8 Å². The van der Waals surface area contributed by atoms with Gasteiger partial charge < -0.3 is 9.47 Å². The summed E-state index contributed by atoms with van der Waals surface area (Å²) >= 11 is 0. The van der Waals surface area contributed by atoms with Gasteiger partial charge >= 0.3 is 11.9 Å². The summed E-state index contributed by atoms with van der Waals surface area (Å²) in [5.74, 6) is -1.93. The molecular weight excluding hydrogens is 232 g/mol. The first-order chi connectivity index (χ1) is 8.61. The standard InChI is InChI=1S/C14H22O4/c1-4-17-13(15)12(14(16)18-5-2)11-9-7-6-8-10(11)3/h11-12H,3-9H2,1-2H3. The zero-order valence-electron chi connectivity index (χ0n) is 11.2. The maximum absolute atomic E-state index is 11.9. The molecule has 18 heavy (non-hydrogen) atoms. The third kappa shape index (κ3) is 3.59. The molecular formula is C14H22O4. The van der Waals surface area contributed by atoms with Crippen LogP contribution in [0.4, 0.5) is 0 Å². The number of allylic oxidation sites excluding steroid dienone is 1. The third-order valence-electron chi connectivity index (χ3n) is 3.27. The van der Waals surface area contributed by atoms with Gasteiger partial charge in [-0.25, -0.2) is 0 Å². The first kappa shape index (κ1) is 14.7. The predicted octanol–water partition coefficient (Wildman–Crippen LogP) is 2.48. The Hall–Kier alpha value is -1.32. The van der Waals surface area contributed by atoms with Gasteiger partial charge in [-0.2, -0.15) is 0 Å². The van der Waals surface area contributed by atoms with Gasteiger partial charge in [-0.1, -0.05) is 18.6 Å². The molecule has 1 atom stereocenters. The molecule has 102 valence electrons. The van der Waals surface area contributed by atoms with Crippen molar-refractivity contribution in [2.75, 3.05) is 13.2 Å². The maximum Gasteiger partial charge on any atom is 0.320 e. The molecule has 0 heterocycles. The molecule has 4 nitrogen and oxygen atoms in total. The molecule has 1 saturated carbocycles. The lowest BCUT2D eigenvalue weighted by molar-refractivity contribution is -0.164. The van der Waals surface area contributed by atoms with Crippen molar-refractivity contribution in [3.8, 4) is 0 Å². The van der Waals surface area contributed by atoms with E-state index in [0.717, 1.165) is 31.3 Å². The van der Waals surface area contributed by atoms with Crippen LogP contribution in [0.5, 0.6) is 0 Å². The summed E-state index contributed by atoms with van der Waals surface area (Å²) in [4.78, 5) is 23.9. The highest BCUT2D eigenvalue weighted by Gasteiger charge is 2.39. The summed E-state index contributed by atoms with van der Waals surface area (Å²) in [5.41, 5.74) is 0.965. The van der Waals surface area contributed by atoms with Crippen molar-refractivity contribution < 1.29 is 19.1 Å². The second-order valence-corrected chi connectivity index (χ2v) is 4.49. The molecule has 4 heteroatoms. The van der Waals surface area contributed by atoms with Crippen molar-refractivity contribution in [2.24, 2.45) is 11.8 Å². The number of hydrogen-bond donors (Lipinski definition) is 0. The number of hydrogen-bond acceptors (Lipinski definition) is 4. The van der Waals surface area contributed by atoms with Crippen LogP contribution in [0.2, 0.25) is 0 Å². The van der Waals surface area contributed by atoms with Crippen LogP contribution in [0, 0.1) is 11.8 Å². The molecule has 0 aromatic rings. The molecule has 0 radical (unpaired) electrons. The Morgan fingerprint density at radius 2 is 1.78 bits per heavy atom. The Morgan fingerprint density at radius 3 is 2.22 bits per heavy atom. The minimum absolute atomic E-state index is 0.128. The Bertz CT molecular complexity index is 304. The van der Waals surface area contributed by atoms with E-state index in [9.17, 15) is 9.59 Å². The Balaban J connectivity index is 2.84. The molecule has 0 N–H and O–H groups in total. The zero-order chi connectivity index (χ0) is 13.5. The summed E-state index contributed by atoms with van der Waals surface area (Å²) in [5, 5.41) is 0. The van der Waals surface area contributed by atoms with Gasteiger partial charge in [0, 0.05) is 5.92 Å². The van der Waals surface area contributed by atoms with E-state index in [-0.39, 0.29) is 19.1 Å². The van der Waals surface area contributed by atoms with E-state index in [2.05, 4.69) is 6.58 Å². The van der Waals surface area contributed by atoms with Gasteiger partial charge in [0.25, 0.3) is 0 Å². The topological polar surface area (TPSA) is 52.6 Å². The quantitative estimate of drug-likeness (QED) is 0.429. The molecule has 1 rings (SSSR count). The molecule has 1 aliphatic carbocycles. The zero-order valence-corrected chi connectivity index (χ0v) is 11.2. The van der Waals surface area contributed by atoms with Crippen molar-refractivity contribution in [1.82, 2.24) is 0 Å². The molecule has 1 aliphatic rings. The second kappa shape index (κ2) is 7.19. The smallest absolute Gasteiger partial charge is 0.320 e. The van der Waals surface area contributed by atoms with E-state index >= 15 is 0 Å².